The van der Waals surface area contributed by atoms with Gasteiger partial charge in [0.2, 0.25) is 0 Å². The van der Waals surface area contributed by atoms with Crippen LogP contribution in [0.5, 0.6) is 5.75 Å². The molecular formula is C20H19N3O2. The van der Waals surface area contributed by atoms with Crippen LogP contribution in [0.3, 0.4) is 0 Å². The minimum Gasteiger partial charge on any atom is -0.497 e. The smallest absolute Gasteiger partial charge is 0.155 e. The molecule has 0 bridgehead atoms. The van der Waals surface area contributed by atoms with E-state index in [4.69, 9.17) is 19.5 Å². The highest BCUT2D eigenvalue weighted by atomic mass is 16.5. The summed E-state index contributed by atoms with van der Waals surface area (Å²) >= 11 is 0. The van der Waals surface area contributed by atoms with Crippen LogP contribution in [0.1, 0.15) is 12.5 Å². The number of hydrogen-bond acceptors (Lipinski definition) is 5. The second-order valence-electron chi connectivity index (χ2n) is 6.06. The Morgan fingerprint density at radius 2 is 2.00 bits per heavy atom. The average Bonchev–Trinajstić information content (AvgIpc) is 2.61. The lowest BCUT2D eigenvalue weighted by Crippen LogP contribution is -2.05. The Bertz CT molecular complexity index is 1130. The zero-order chi connectivity index (χ0) is 17.6. The molecule has 0 saturated heterocycles. The van der Waals surface area contributed by atoms with Gasteiger partial charge in [0, 0.05) is 35.1 Å². The van der Waals surface area contributed by atoms with Gasteiger partial charge in [-0.2, -0.15) is 0 Å². The Kier molecular flexibility index (Phi) is 3.57. The zero-order valence-corrected chi connectivity index (χ0v) is 14.4. The van der Waals surface area contributed by atoms with Crippen molar-refractivity contribution in [1.82, 2.24) is 4.98 Å². The summed E-state index contributed by atoms with van der Waals surface area (Å²) in [4.78, 5) is 4.82. The molecule has 126 valence electrons. The molecule has 0 radical (unpaired) electrons. The number of aryl methyl sites for hydroxylation is 1. The molecule has 0 atom stereocenters. The Morgan fingerprint density at radius 3 is 2.76 bits per heavy atom. The van der Waals surface area contributed by atoms with Crippen LogP contribution in [-0.2, 0) is 0 Å². The molecule has 2 N–H and O–H groups in total. The monoisotopic (exact) mass is 333 g/mol. The predicted molar refractivity (Wildman–Crippen MR) is 99.4 cm³/mol. The Labute approximate surface area is 145 Å². The van der Waals surface area contributed by atoms with E-state index in [-0.39, 0.29) is 0 Å². The molecule has 1 aliphatic carbocycles. The fourth-order valence-corrected chi connectivity index (χ4v) is 3.15. The molecule has 0 amide bonds. The Balaban J connectivity index is 2.09. The first-order valence-electron chi connectivity index (χ1n) is 8.25. The number of ether oxygens (including phenoxy) is 1. The van der Waals surface area contributed by atoms with Crippen LogP contribution in [0.4, 0.5) is 5.69 Å². The molecule has 4 rings (SSSR count). The summed E-state index contributed by atoms with van der Waals surface area (Å²) in [6.07, 6.45) is 0. The van der Waals surface area contributed by atoms with Crippen molar-refractivity contribution in [3.05, 3.63) is 47.3 Å². The van der Waals surface area contributed by atoms with E-state index in [0.717, 1.165) is 45.5 Å². The summed E-state index contributed by atoms with van der Waals surface area (Å²) in [6.45, 7) is 4.96. The average molecular weight is 333 g/mol. The van der Waals surface area contributed by atoms with Gasteiger partial charge in [-0.15, -0.1) is 0 Å². The maximum Gasteiger partial charge on any atom is 0.155 e. The second-order valence-corrected chi connectivity index (χ2v) is 6.06. The number of benzene rings is 3. The Morgan fingerprint density at radius 1 is 1.16 bits per heavy atom. The first-order valence-corrected chi connectivity index (χ1v) is 8.25. The van der Waals surface area contributed by atoms with Crippen LogP contribution in [0.25, 0.3) is 33.3 Å². The second kappa shape index (κ2) is 5.77. The largest absolute Gasteiger partial charge is 0.497 e. The van der Waals surface area contributed by atoms with Gasteiger partial charge >= 0.3 is 0 Å². The summed E-state index contributed by atoms with van der Waals surface area (Å²) in [5, 5.41) is 13.7. The maximum absolute atomic E-state index is 8.28. The van der Waals surface area contributed by atoms with E-state index in [2.05, 4.69) is 19.2 Å². The Hall–Kier alpha value is -3.08. The van der Waals surface area contributed by atoms with Gasteiger partial charge in [0.15, 0.2) is 11.3 Å². The van der Waals surface area contributed by atoms with E-state index in [9.17, 15) is 0 Å². The third-order valence-electron chi connectivity index (χ3n) is 4.41. The predicted octanol–water partition coefficient (Wildman–Crippen LogP) is 4.31. The molecular weight excluding hydrogens is 314 g/mol. The molecule has 1 aliphatic heterocycles. The summed E-state index contributed by atoms with van der Waals surface area (Å²) < 4.78 is 11.4. The summed E-state index contributed by atoms with van der Waals surface area (Å²) in [5.41, 5.74) is 4.40. The van der Waals surface area contributed by atoms with Gasteiger partial charge in [-0.1, -0.05) is 0 Å². The van der Waals surface area contributed by atoms with Crippen LogP contribution < -0.4 is 15.4 Å². The van der Waals surface area contributed by atoms with Crippen molar-refractivity contribution in [3.63, 3.8) is 0 Å². The topological polar surface area (TPSA) is 71.1 Å². The molecule has 5 heteroatoms. The van der Waals surface area contributed by atoms with Crippen molar-refractivity contribution in [2.24, 2.45) is 0 Å². The van der Waals surface area contributed by atoms with E-state index in [1.54, 1.807) is 13.2 Å². The fraction of sp³-hybridized carbons (Fsp3) is 0.200. The van der Waals surface area contributed by atoms with Crippen molar-refractivity contribution >= 4 is 27.6 Å². The van der Waals surface area contributed by atoms with Crippen LogP contribution in [-0.4, -0.2) is 18.6 Å². The number of anilines is 1. The third-order valence-corrected chi connectivity index (χ3v) is 4.41. The maximum atomic E-state index is 8.28. The number of fused-ring (bicyclic) bond motifs is 4. The molecule has 1 heterocycles. The fourth-order valence-electron chi connectivity index (χ4n) is 3.15. The molecule has 0 fully saturated rings. The van der Waals surface area contributed by atoms with E-state index in [0.29, 0.717) is 16.7 Å². The van der Waals surface area contributed by atoms with E-state index in [1.165, 1.54) is 0 Å². The molecule has 25 heavy (non-hydrogen) atoms. The van der Waals surface area contributed by atoms with Crippen molar-refractivity contribution in [2.75, 3.05) is 19.0 Å². The van der Waals surface area contributed by atoms with Gasteiger partial charge in [-0.25, -0.2) is 4.98 Å². The summed E-state index contributed by atoms with van der Waals surface area (Å²) in [5.74, 6) is 1.34. The number of hydrogen-bond donors (Lipinski definition) is 2. The molecule has 2 aliphatic rings. The zero-order valence-electron chi connectivity index (χ0n) is 14.4. The van der Waals surface area contributed by atoms with Gasteiger partial charge in [0.05, 0.1) is 12.5 Å². The molecule has 0 unspecified atom stereocenters. The number of nitrogens with zero attached hydrogens (tertiary/aromatic N) is 1. The van der Waals surface area contributed by atoms with Crippen molar-refractivity contribution < 1.29 is 9.15 Å². The van der Waals surface area contributed by atoms with Crippen LogP contribution >= 0.6 is 0 Å². The SMILES string of the molecule is CCNc1cc2oc3cc(=N)c4ccc(OC)cc4c-3nc2cc1C. The van der Waals surface area contributed by atoms with E-state index < -0.39 is 0 Å². The lowest BCUT2D eigenvalue weighted by molar-refractivity contribution is 0.415. The minimum absolute atomic E-state index is 0.411. The van der Waals surface area contributed by atoms with Crippen molar-refractivity contribution in [2.45, 2.75) is 13.8 Å². The van der Waals surface area contributed by atoms with Crippen LogP contribution in [0, 0.1) is 12.3 Å². The van der Waals surface area contributed by atoms with E-state index in [1.807, 2.05) is 30.3 Å². The van der Waals surface area contributed by atoms with Gasteiger partial charge in [0.25, 0.3) is 0 Å². The van der Waals surface area contributed by atoms with E-state index >= 15 is 0 Å². The lowest BCUT2D eigenvalue weighted by Gasteiger charge is -2.13. The van der Waals surface area contributed by atoms with Crippen molar-refractivity contribution in [3.8, 4) is 17.2 Å². The normalized spacial score (nSPS) is 11.3. The highest BCUT2D eigenvalue weighted by Crippen LogP contribution is 2.33. The van der Waals surface area contributed by atoms with Gasteiger partial charge in [-0.3, -0.25) is 0 Å². The van der Waals surface area contributed by atoms with Gasteiger partial charge in [0.1, 0.15) is 17.0 Å². The summed E-state index contributed by atoms with van der Waals surface area (Å²) in [6, 6.07) is 11.4. The standard InChI is InChI=1S/C20H19N3O2/c1-4-22-16-10-18-17(7-11(16)2)23-20-14-8-12(24-3)5-6-13(14)15(21)9-19(20)25-18/h5-10,21-22H,4H2,1-3H3. The summed E-state index contributed by atoms with van der Waals surface area (Å²) in [7, 11) is 1.63. The molecule has 5 nitrogen and oxygen atoms in total. The molecule has 0 saturated carbocycles. The van der Waals surface area contributed by atoms with Crippen LogP contribution in [0.2, 0.25) is 0 Å². The number of aromatic nitrogens is 1. The first kappa shape index (κ1) is 15.4. The van der Waals surface area contributed by atoms with Gasteiger partial charge in [-0.05, 0) is 43.7 Å². The molecule has 0 aromatic heterocycles. The number of methoxy groups -OCH3 is 1. The molecule has 2 aromatic carbocycles. The number of rotatable bonds is 3. The number of nitrogens with one attached hydrogen (secondary N) is 2. The van der Waals surface area contributed by atoms with Crippen molar-refractivity contribution in [1.29, 1.82) is 5.41 Å². The first-order chi connectivity index (χ1) is 12.1. The van der Waals surface area contributed by atoms with Gasteiger partial charge < -0.3 is 19.9 Å². The lowest BCUT2D eigenvalue weighted by atomic mass is 10.0. The quantitative estimate of drug-likeness (QED) is 0.433. The minimum atomic E-state index is 0.411. The third kappa shape index (κ3) is 2.48. The highest BCUT2D eigenvalue weighted by Gasteiger charge is 2.16. The molecule has 0 spiro atoms. The molecule has 2 aromatic rings. The highest BCUT2D eigenvalue weighted by molar-refractivity contribution is 5.97. The van der Waals surface area contributed by atoms with Crippen LogP contribution in [0.15, 0.2) is 40.8 Å².